The minimum Gasteiger partial charge on any atom is -0.461 e. The van der Waals surface area contributed by atoms with Crippen molar-refractivity contribution in [1.82, 2.24) is 9.80 Å². The van der Waals surface area contributed by atoms with Crippen molar-refractivity contribution >= 4 is 34.1 Å². The van der Waals surface area contributed by atoms with Crippen molar-refractivity contribution < 1.29 is 14.0 Å². The number of carbonyl (C=O) groups is 2. The highest BCUT2D eigenvalue weighted by Crippen LogP contribution is 2.28. The summed E-state index contributed by atoms with van der Waals surface area (Å²) in [4.78, 5) is 30.2. The molecule has 0 bridgehead atoms. The zero-order valence-electron chi connectivity index (χ0n) is 16.9. The first-order valence-corrected chi connectivity index (χ1v) is 11.0. The summed E-state index contributed by atoms with van der Waals surface area (Å²) in [5.74, 6) is 0.917. The molecule has 0 aliphatic carbocycles. The van der Waals surface area contributed by atoms with Crippen LogP contribution in [0.15, 0.2) is 46.2 Å². The Hall–Kier alpha value is -2.60. The van der Waals surface area contributed by atoms with Crippen LogP contribution in [0.2, 0.25) is 0 Å². The van der Waals surface area contributed by atoms with Gasteiger partial charge in [-0.3, -0.25) is 9.59 Å². The third kappa shape index (κ3) is 3.94. The van der Waals surface area contributed by atoms with Gasteiger partial charge in [-0.2, -0.15) is 0 Å². The summed E-state index contributed by atoms with van der Waals surface area (Å²) < 4.78 is 5.97. The van der Waals surface area contributed by atoms with Gasteiger partial charge in [-0.05, 0) is 30.4 Å². The first-order chi connectivity index (χ1) is 14.1. The normalized spacial score (nSPS) is 16.9. The Bertz CT molecular complexity index is 1010. The number of fused-ring (bicyclic) bond motifs is 1. The number of aryl methyl sites for hydroxylation is 1. The van der Waals surface area contributed by atoms with Crippen LogP contribution < -0.4 is 0 Å². The summed E-state index contributed by atoms with van der Waals surface area (Å²) in [6, 6.07) is 11.7. The number of nitrogens with zero attached hydrogens (tertiary/aromatic N) is 2. The number of piperidine rings is 1. The first kappa shape index (κ1) is 19.7. The maximum Gasteiger partial charge on any atom is 0.263 e. The monoisotopic (exact) mass is 410 g/mol. The molecular weight excluding hydrogens is 384 g/mol. The van der Waals surface area contributed by atoms with E-state index in [2.05, 4.69) is 6.92 Å². The minimum atomic E-state index is -0.152. The Morgan fingerprint density at radius 3 is 2.83 bits per heavy atom. The van der Waals surface area contributed by atoms with Crippen molar-refractivity contribution in [2.75, 3.05) is 20.1 Å². The molecule has 3 heterocycles. The second kappa shape index (κ2) is 8.41. The van der Waals surface area contributed by atoms with Crippen molar-refractivity contribution in [3.05, 3.63) is 58.0 Å². The van der Waals surface area contributed by atoms with Crippen LogP contribution >= 0.6 is 11.3 Å². The smallest absolute Gasteiger partial charge is 0.263 e. The molecular formula is C23H26N2O3S. The number of para-hydroxylation sites is 1. The predicted molar refractivity (Wildman–Crippen MR) is 115 cm³/mol. The lowest BCUT2D eigenvalue weighted by Gasteiger charge is -2.33. The number of benzene rings is 1. The van der Waals surface area contributed by atoms with Crippen molar-refractivity contribution in [2.45, 2.75) is 32.7 Å². The van der Waals surface area contributed by atoms with E-state index in [-0.39, 0.29) is 17.7 Å². The van der Waals surface area contributed by atoms with Gasteiger partial charge >= 0.3 is 0 Å². The van der Waals surface area contributed by atoms with Crippen molar-refractivity contribution in [1.29, 1.82) is 0 Å². The second-order valence-electron chi connectivity index (χ2n) is 7.62. The van der Waals surface area contributed by atoms with Gasteiger partial charge in [-0.15, -0.1) is 11.3 Å². The molecule has 152 valence electrons. The molecule has 1 atom stereocenters. The standard InChI is InChI=1S/C23H26N2O3S/c1-3-19-18(17-9-4-5-10-20(17)28-19)15-24(2)22(26)16-8-6-12-25(14-16)23(27)21-11-7-13-29-21/h4-5,7,9-11,13,16H,3,6,8,12,14-15H2,1-2H3. The number of furan rings is 1. The van der Waals surface area contributed by atoms with E-state index in [1.807, 2.05) is 53.7 Å². The molecule has 2 amide bonds. The molecule has 1 aliphatic rings. The molecule has 6 heteroatoms. The minimum absolute atomic E-state index is 0.0363. The first-order valence-electron chi connectivity index (χ1n) is 10.2. The lowest BCUT2D eigenvalue weighted by atomic mass is 9.96. The SMILES string of the molecule is CCc1oc2ccccc2c1CN(C)C(=O)C1CCCN(C(=O)c2cccs2)C1. The average molecular weight is 411 g/mol. The Labute approximate surface area is 174 Å². The maximum absolute atomic E-state index is 13.2. The van der Waals surface area contributed by atoms with E-state index < -0.39 is 0 Å². The van der Waals surface area contributed by atoms with Crippen LogP contribution in [-0.4, -0.2) is 41.8 Å². The highest BCUT2D eigenvalue weighted by Gasteiger charge is 2.31. The fraction of sp³-hybridized carbons (Fsp3) is 0.391. The van der Waals surface area contributed by atoms with E-state index in [1.165, 1.54) is 11.3 Å². The Morgan fingerprint density at radius 2 is 2.07 bits per heavy atom. The zero-order valence-corrected chi connectivity index (χ0v) is 17.7. The summed E-state index contributed by atoms with van der Waals surface area (Å²) in [6.45, 7) is 3.80. The lowest BCUT2D eigenvalue weighted by molar-refractivity contribution is -0.136. The van der Waals surface area contributed by atoms with Crippen LogP contribution in [0.3, 0.4) is 0 Å². The van der Waals surface area contributed by atoms with Crippen LogP contribution in [0.4, 0.5) is 0 Å². The fourth-order valence-electron chi connectivity index (χ4n) is 4.15. The molecule has 29 heavy (non-hydrogen) atoms. The van der Waals surface area contributed by atoms with E-state index >= 15 is 0 Å². The summed E-state index contributed by atoms with van der Waals surface area (Å²) in [6.07, 6.45) is 2.47. The second-order valence-corrected chi connectivity index (χ2v) is 8.56. The highest BCUT2D eigenvalue weighted by atomic mass is 32.1. The van der Waals surface area contributed by atoms with Crippen LogP contribution in [0.25, 0.3) is 11.0 Å². The third-order valence-electron chi connectivity index (χ3n) is 5.66. The van der Waals surface area contributed by atoms with Gasteiger partial charge in [-0.1, -0.05) is 31.2 Å². The molecule has 1 aliphatic heterocycles. The van der Waals surface area contributed by atoms with Gasteiger partial charge in [0.1, 0.15) is 11.3 Å². The van der Waals surface area contributed by atoms with Crippen LogP contribution in [-0.2, 0) is 17.8 Å². The molecule has 5 nitrogen and oxygen atoms in total. The summed E-state index contributed by atoms with van der Waals surface area (Å²) in [5.41, 5.74) is 1.95. The molecule has 3 aromatic rings. The predicted octanol–water partition coefficient (Wildman–Crippen LogP) is 4.57. The molecule has 4 rings (SSSR count). The van der Waals surface area contributed by atoms with E-state index in [0.717, 1.165) is 53.0 Å². The summed E-state index contributed by atoms with van der Waals surface area (Å²) in [7, 11) is 1.85. The van der Waals surface area contributed by atoms with Gasteiger partial charge in [0.05, 0.1) is 10.8 Å². The van der Waals surface area contributed by atoms with Gasteiger partial charge in [0, 0.05) is 44.1 Å². The Kier molecular flexibility index (Phi) is 5.72. The third-order valence-corrected chi connectivity index (χ3v) is 6.52. The largest absolute Gasteiger partial charge is 0.461 e. The van der Waals surface area contributed by atoms with Gasteiger partial charge in [-0.25, -0.2) is 0 Å². The number of likely N-dealkylation sites (tertiary alicyclic amines) is 1. The molecule has 1 fully saturated rings. The molecule has 1 saturated heterocycles. The zero-order chi connectivity index (χ0) is 20.4. The van der Waals surface area contributed by atoms with Gasteiger partial charge < -0.3 is 14.2 Å². The molecule has 0 radical (unpaired) electrons. The average Bonchev–Trinajstić information content (AvgIpc) is 3.41. The number of hydrogen-bond donors (Lipinski definition) is 0. The highest BCUT2D eigenvalue weighted by molar-refractivity contribution is 7.12. The maximum atomic E-state index is 13.2. The van der Waals surface area contributed by atoms with Crippen molar-refractivity contribution in [3.63, 3.8) is 0 Å². The van der Waals surface area contributed by atoms with Crippen LogP contribution in [0.5, 0.6) is 0 Å². The number of hydrogen-bond acceptors (Lipinski definition) is 4. The molecule has 1 unspecified atom stereocenters. The van der Waals surface area contributed by atoms with E-state index in [9.17, 15) is 9.59 Å². The molecule has 0 saturated carbocycles. The number of thiophene rings is 1. The summed E-state index contributed by atoms with van der Waals surface area (Å²) >= 11 is 1.45. The molecule has 2 aromatic heterocycles. The quantitative estimate of drug-likeness (QED) is 0.619. The number of amides is 2. The lowest BCUT2D eigenvalue weighted by Crippen LogP contribution is -2.45. The molecule has 0 spiro atoms. The molecule has 1 aromatic carbocycles. The Morgan fingerprint density at radius 1 is 1.24 bits per heavy atom. The number of rotatable bonds is 5. The fourth-order valence-corrected chi connectivity index (χ4v) is 4.85. The van der Waals surface area contributed by atoms with Gasteiger partial charge in [0.25, 0.3) is 5.91 Å². The van der Waals surface area contributed by atoms with E-state index in [0.29, 0.717) is 13.1 Å². The van der Waals surface area contributed by atoms with E-state index in [1.54, 1.807) is 4.90 Å². The van der Waals surface area contributed by atoms with Gasteiger partial charge in [0.15, 0.2) is 0 Å². The number of carbonyl (C=O) groups excluding carboxylic acids is 2. The Balaban J connectivity index is 1.47. The van der Waals surface area contributed by atoms with Crippen molar-refractivity contribution in [3.8, 4) is 0 Å². The van der Waals surface area contributed by atoms with Crippen molar-refractivity contribution in [2.24, 2.45) is 5.92 Å². The van der Waals surface area contributed by atoms with E-state index in [4.69, 9.17) is 4.42 Å². The summed E-state index contributed by atoms with van der Waals surface area (Å²) in [5, 5.41) is 2.98. The molecule has 0 N–H and O–H groups in total. The topological polar surface area (TPSA) is 53.8 Å². The van der Waals surface area contributed by atoms with Gasteiger partial charge in [0.2, 0.25) is 5.91 Å². The van der Waals surface area contributed by atoms with Crippen LogP contribution in [0, 0.1) is 5.92 Å². The van der Waals surface area contributed by atoms with Crippen LogP contribution in [0.1, 0.15) is 40.8 Å².